The minimum Gasteiger partial charge on any atom is -0.464 e. The van der Waals surface area contributed by atoms with Gasteiger partial charge in [0.1, 0.15) is 5.52 Å². The number of carbonyl (C=O) groups is 1. The fourth-order valence-electron chi connectivity index (χ4n) is 5.13. The number of aromatic nitrogens is 4. The van der Waals surface area contributed by atoms with Crippen molar-refractivity contribution in [3.63, 3.8) is 0 Å². The number of rotatable bonds is 8. The maximum Gasteiger partial charge on any atom is 0.278 e. The minimum absolute atomic E-state index is 0.0806. The van der Waals surface area contributed by atoms with Gasteiger partial charge in [0.25, 0.3) is 17.0 Å². The predicted molar refractivity (Wildman–Crippen MR) is 134 cm³/mol. The largest absolute Gasteiger partial charge is 0.464 e. The number of amides is 1. The van der Waals surface area contributed by atoms with E-state index in [2.05, 4.69) is 25.5 Å². The summed E-state index contributed by atoms with van der Waals surface area (Å²) in [6, 6.07) is 5.76. The van der Waals surface area contributed by atoms with E-state index in [4.69, 9.17) is 4.74 Å². The van der Waals surface area contributed by atoms with Crippen LogP contribution in [0.15, 0.2) is 18.2 Å². The normalized spacial score (nSPS) is 20.9. The summed E-state index contributed by atoms with van der Waals surface area (Å²) in [5.74, 6) is -2.29. The number of halogens is 2. The molecule has 0 atom stereocenters. The van der Waals surface area contributed by atoms with E-state index in [-0.39, 0.29) is 11.9 Å². The van der Waals surface area contributed by atoms with Gasteiger partial charge in [0.15, 0.2) is 6.61 Å². The minimum atomic E-state index is -2.86. The third-order valence-corrected chi connectivity index (χ3v) is 8.23. The van der Waals surface area contributed by atoms with Crippen LogP contribution in [-0.4, -0.2) is 62.4 Å². The van der Waals surface area contributed by atoms with E-state index < -0.39 is 12.5 Å². The predicted octanol–water partition coefficient (Wildman–Crippen LogP) is 4.20. The number of thiazole rings is 1. The molecule has 1 aromatic carbocycles. The van der Waals surface area contributed by atoms with E-state index >= 15 is 0 Å². The molecule has 5 rings (SSSR count). The molecule has 1 amide bonds. The van der Waals surface area contributed by atoms with Crippen molar-refractivity contribution in [1.29, 1.82) is 0 Å². The van der Waals surface area contributed by atoms with Gasteiger partial charge in [-0.15, -0.1) is 5.10 Å². The van der Waals surface area contributed by atoms with Crippen LogP contribution in [0.5, 0.6) is 5.19 Å². The number of fused-ring (bicyclic) bond motifs is 2. The van der Waals surface area contributed by atoms with Crippen LogP contribution in [0.25, 0.3) is 11.0 Å². The van der Waals surface area contributed by atoms with Crippen LogP contribution in [0.4, 0.5) is 8.78 Å². The van der Waals surface area contributed by atoms with Crippen molar-refractivity contribution in [2.45, 2.75) is 64.0 Å². The molecule has 2 aliphatic rings. The van der Waals surface area contributed by atoms with E-state index in [0.717, 1.165) is 81.2 Å². The molecule has 1 N–H and O–H groups in total. The maximum atomic E-state index is 13.1. The smallest absolute Gasteiger partial charge is 0.278 e. The first-order valence-electron chi connectivity index (χ1n) is 12.6. The van der Waals surface area contributed by atoms with E-state index in [0.29, 0.717) is 22.2 Å². The number of benzene rings is 1. The molecular weight excluding hydrogens is 486 g/mol. The number of alkyl halides is 2. The van der Waals surface area contributed by atoms with Crippen LogP contribution in [0.1, 0.15) is 60.0 Å². The second kappa shape index (κ2) is 10.4. The second-order valence-corrected chi connectivity index (χ2v) is 11.1. The quantitative estimate of drug-likeness (QED) is 0.481. The second-order valence-electron chi connectivity index (χ2n) is 10.1. The molecule has 194 valence electrons. The summed E-state index contributed by atoms with van der Waals surface area (Å²) in [7, 11) is 1.82. The fraction of sp³-hybridized carbons (Fsp3) is 0.600. The lowest BCUT2D eigenvalue weighted by molar-refractivity contribution is -0.0230. The Morgan fingerprint density at radius 2 is 2.08 bits per heavy atom. The molecule has 1 aliphatic heterocycles. The zero-order valence-corrected chi connectivity index (χ0v) is 21.5. The summed E-state index contributed by atoms with van der Waals surface area (Å²) in [4.78, 5) is 20.9. The number of aryl methyl sites for hydroxylation is 1. The molecule has 0 saturated heterocycles. The van der Waals surface area contributed by atoms with Crippen LogP contribution < -0.4 is 10.1 Å². The van der Waals surface area contributed by atoms with E-state index in [9.17, 15) is 13.6 Å². The van der Waals surface area contributed by atoms with Crippen molar-refractivity contribution in [2.75, 3.05) is 19.7 Å². The summed E-state index contributed by atoms with van der Waals surface area (Å²) in [5, 5.41) is 11.7. The lowest BCUT2D eigenvalue weighted by Crippen LogP contribution is -2.38. The standard InChI is InChI=1S/C25H32F2N6O2S/c1-25(26,27)15-35-24-29-19-14-33(13-11-21(19)36-24)12-10-16-6-8-17(9-7-16)28-23(34)18-4-3-5-20-22(18)30-31-32(20)2/h3-5,16-17H,6-15H2,1-2H3,(H,28,34). The Balaban J connectivity index is 1.06. The number of nitrogens with one attached hydrogen (secondary N) is 1. The third-order valence-electron chi connectivity index (χ3n) is 7.16. The number of ether oxygens (including phenoxy) is 1. The zero-order chi connectivity index (χ0) is 25.3. The molecule has 8 nitrogen and oxygen atoms in total. The zero-order valence-electron chi connectivity index (χ0n) is 20.7. The van der Waals surface area contributed by atoms with Crippen molar-refractivity contribution in [3.05, 3.63) is 34.3 Å². The van der Waals surface area contributed by atoms with Gasteiger partial charge in [-0.1, -0.05) is 22.6 Å². The topological polar surface area (TPSA) is 85.2 Å². The molecular formula is C25H32F2N6O2S. The first kappa shape index (κ1) is 25.0. The van der Waals surface area contributed by atoms with Crippen LogP contribution in [0.3, 0.4) is 0 Å². The Labute approximate surface area is 213 Å². The Morgan fingerprint density at radius 1 is 1.28 bits per heavy atom. The molecule has 1 aliphatic carbocycles. The van der Waals surface area contributed by atoms with Crippen molar-refractivity contribution in [2.24, 2.45) is 13.0 Å². The van der Waals surface area contributed by atoms with E-state index in [1.807, 2.05) is 19.2 Å². The van der Waals surface area contributed by atoms with E-state index in [1.54, 1.807) is 10.7 Å². The Bertz CT molecular complexity index is 1220. The maximum absolute atomic E-state index is 13.1. The Morgan fingerprint density at radius 3 is 2.86 bits per heavy atom. The van der Waals surface area contributed by atoms with Gasteiger partial charge in [0.05, 0.1) is 16.8 Å². The van der Waals surface area contributed by atoms with Gasteiger partial charge in [-0.25, -0.2) is 18.4 Å². The van der Waals surface area contributed by atoms with Gasteiger partial charge in [0, 0.05) is 38.0 Å². The van der Waals surface area contributed by atoms with Crippen molar-refractivity contribution in [3.8, 4) is 5.19 Å². The molecule has 0 radical (unpaired) electrons. The van der Waals surface area contributed by atoms with Crippen LogP contribution in [0, 0.1) is 5.92 Å². The fourth-order valence-corrected chi connectivity index (χ4v) is 6.04. The van der Waals surface area contributed by atoms with Crippen LogP contribution in [0.2, 0.25) is 0 Å². The molecule has 1 fully saturated rings. The highest BCUT2D eigenvalue weighted by atomic mass is 32.1. The lowest BCUT2D eigenvalue weighted by atomic mass is 9.84. The molecule has 0 unspecified atom stereocenters. The third kappa shape index (κ3) is 5.83. The number of hydrogen-bond donors (Lipinski definition) is 1. The lowest BCUT2D eigenvalue weighted by Gasteiger charge is -2.32. The average molecular weight is 519 g/mol. The first-order chi connectivity index (χ1) is 17.2. The van der Waals surface area contributed by atoms with Gasteiger partial charge in [0.2, 0.25) is 0 Å². The first-order valence-corrected chi connectivity index (χ1v) is 13.4. The summed E-state index contributed by atoms with van der Waals surface area (Å²) >= 11 is 1.39. The highest BCUT2D eigenvalue weighted by molar-refractivity contribution is 7.13. The monoisotopic (exact) mass is 518 g/mol. The van der Waals surface area contributed by atoms with Gasteiger partial charge in [-0.3, -0.25) is 9.69 Å². The van der Waals surface area contributed by atoms with Gasteiger partial charge < -0.3 is 10.1 Å². The number of hydrogen-bond acceptors (Lipinski definition) is 7. The summed E-state index contributed by atoms with van der Waals surface area (Å²) in [5.41, 5.74) is 3.02. The van der Waals surface area contributed by atoms with Gasteiger partial charge in [-0.2, -0.15) is 0 Å². The van der Waals surface area contributed by atoms with Crippen molar-refractivity contribution in [1.82, 2.24) is 30.2 Å². The summed E-state index contributed by atoms with van der Waals surface area (Å²) in [6.45, 7) is 2.91. The molecule has 3 aromatic rings. The molecule has 36 heavy (non-hydrogen) atoms. The van der Waals surface area contributed by atoms with Crippen LogP contribution >= 0.6 is 11.3 Å². The van der Waals surface area contributed by atoms with Crippen molar-refractivity contribution >= 4 is 28.3 Å². The average Bonchev–Trinajstić information content (AvgIpc) is 3.44. The summed E-state index contributed by atoms with van der Waals surface area (Å²) < 4.78 is 33.0. The SMILES string of the molecule is Cn1nnc2c(C(=O)NC3CCC(CCN4CCc5sc(OCC(C)(F)F)nc5C4)CC3)cccc21. The molecule has 11 heteroatoms. The molecule has 3 heterocycles. The van der Waals surface area contributed by atoms with Gasteiger partial charge in [-0.05, 0) is 63.1 Å². The molecule has 0 bridgehead atoms. The van der Waals surface area contributed by atoms with E-state index in [1.165, 1.54) is 11.3 Å². The highest BCUT2D eigenvalue weighted by Gasteiger charge is 2.27. The van der Waals surface area contributed by atoms with Crippen molar-refractivity contribution < 1.29 is 18.3 Å². The molecule has 0 spiro atoms. The Hall–Kier alpha value is -2.66. The Kier molecular flexibility index (Phi) is 7.21. The molecule has 1 saturated carbocycles. The summed E-state index contributed by atoms with van der Waals surface area (Å²) in [6.07, 6.45) is 6.15. The molecule has 2 aromatic heterocycles. The van der Waals surface area contributed by atoms with Crippen LogP contribution in [-0.2, 0) is 20.0 Å². The van der Waals surface area contributed by atoms with Gasteiger partial charge >= 0.3 is 0 Å². The number of carbonyl (C=O) groups excluding carboxylic acids is 1. The highest BCUT2D eigenvalue weighted by Crippen LogP contribution is 2.32. The number of nitrogens with zero attached hydrogens (tertiary/aromatic N) is 5.